The van der Waals surface area contributed by atoms with Gasteiger partial charge >= 0.3 is 12.0 Å². The number of nitrogens with zero attached hydrogens (tertiary/aromatic N) is 1. The number of carbonyl (C=O) groups excluding carboxylic acids is 3. The van der Waals surface area contributed by atoms with Gasteiger partial charge in [0, 0.05) is 13.1 Å². The maximum Gasteiger partial charge on any atom is 0.338 e. The predicted octanol–water partition coefficient (Wildman–Crippen LogP) is 0.777. The normalized spacial score (nSPS) is 15.7. The molecule has 1 fully saturated rings. The van der Waals surface area contributed by atoms with Gasteiger partial charge in [-0.3, -0.25) is 9.69 Å². The summed E-state index contributed by atoms with van der Waals surface area (Å²) in [4.78, 5) is 36.0. The average Bonchev–Trinajstić information content (AvgIpc) is 3.13. The lowest BCUT2D eigenvalue weighted by atomic mass is 10.2. The van der Waals surface area contributed by atoms with E-state index < -0.39 is 24.5 Å². The van der Waals surface area contributed by atoms with Gasteiger partial charge in [0.1, 0.15) is 0 Å². The Balaban J connectivity index is 1.64. The maximum absolute atomic E-state index is 11.9. The van der Waals surface area contributed by atoms with Crippen LogP contribution >= 0.6 is 11.6 Å². The first kappa shape index (κ1) is 14.5. The van der Waals surface area contributed by atoms with Crippen molar-refractivity contribution >= 4 is 29.5 Å². The van der Waals surface area contributed by atoms with E-state index in [9.17, 15) is 14.4 Å². The summed E-state index contributed by atoms with van der Waals surface area (Å²) in [6, 6.07) is 2.29. The van der Waals surface area contributed by atoms with Gasteiger partial charge in [0.2, 0.25) is 6.79 Å². The van der Waals surface area contributed by atoms with Crippen LogP contribution in [0.1, 0.15) is 10.4 Å². The second-order valence-corrected chi connectivity index (χ2v) is 4.95. The molecule has 1 saturated heterocycles. The molecule has 9 heteroatoms. The highest BCUT2D eigenvalue weighted by Crippen LogP contribution is 2.39. The molecule has 0 atom stereocenters. The number of rotatable bonds is 3. The molecule has 3 rings (SSSR count). The third-order valence-electron chi connectivity index (χ3n) is 3.15. The van der Waals surface area contributed by atoms with Gasteiger partial charge in [0.05, 0.1) is 10.6 Å². The fourth-order valence-corrected chi connectivity index (χ4v) is 2.35. The van der Waals surface area contributed by atoms with Crippen LogP contribution in [0.25, 0.3) is 0 Å². The summed E-state index contributed by atoms with van der Waals surface area (Å²) in [6.07, 6.45) is 0. The molecule has 0 aliphatic carbocycles. The van der Waals surface area contributed by atoms with Gasteiger partial charge < -0.3 is 19.5 Å². The first-order valence-corrected chi connectivity index (χ1v) is 6.78. The van der Waals surface area contributed by atoms with E-state index in [0.717, 1.165) is 4.90 Å². The number of benzene rings is 1. The van der Waals surface area contributed by atoms with Crippen molar-refractivity contribution in [2.45, 2.75) is 0 Å². The van der Waals surface area contributed by atoms with Crippen LogP contribution in [0.15, 0.2) is 12.1 Å². The Bertz CT molecular complexity index is 662. The molecule has 1 N–H and O–H groups in total. The lowest BCUT2D eigenvalue weighted by Gasteiger charge is -2.12. The molecule has 2 aliphatic heterocycles. The number of hydrogen-bond acceptors (Lipinski definition) is 6. The number of urea groups is 1. The number of carbonyl (C=O) groups is 3. The molecule has 3 amide bonds. The van der Waals surface area contributed by atoms with Crippen molar-refractivity contribution < 1.29 is 28.6 Å². The maximum atomic E-state index is 11.9. The molecular weight excluding hydrogens is 316 g/mol. The lowest BCUT2D eigenvalue weighted by molar-refractivity contribution is -0.130. The van der Waals surface area contributed by atoms with Crippen molar-refractivity contribution in [1.82, 2.24) is 10.2 Å². The summed E-state index contributed by atoms with van der Waals surface area (Å²) in [6.45, 7) is 0.135. The van der Waals surface area contributed by atoms with Gasteiger partial charge in [-0.05, 0) is 12.1 Å². The number of ether oxygens (including phenoxy) is 3. The summed E-state index contributed by atoms with van der Waals surface area (Å²) in [7, 11) is 0. The zero-order valence-corrected chi connectivity index (χ0v) is 12.0. The van der Waals surface area contributed by atoms with Crippen molar-refractivity contribution in [3.05, 3.63) is 22.7 Å². The number of nitrogens with one attached hydrogen (secondary N) is 1. The number of fused-ring (bicyclic) bond motifs is 1. The molecule has 8 nitrogen and oxygen atoms in total. The summed E-state index contributed by atoms with van der Waals surface area (Å²) in [5, 5.41) is 2.70. The van der Waals surface area contributed by atoms with Gasteiger partial charge in [-0.25, -0.2) is 9.59 Å². The van der Waals surface area contributed by atoms with E-state index in [0.29, 0.717) is 18.0 Å². The molecule has 22 heavy (non-hydrogen) atoms. The van der Waals surface area contributed by atoms with Gasteiger partial charge in [-0.1, -0.05) is 11.6 Å². The molecule has 2 heterocycles. The van der Waals surface area contributed by atoms with Crippen molar-refractivity contribution in [3.8, 4) is 11.5 Å². The van der Waals surface area contributed by atoms with E-state index in [2.05, 4.69) is 5.32 Å². The topological polar surface area (TPSA) is 94.2 Å². The van der Waals surface area contributed by atoms with Crippen molar-refractivity contribution in [1.29, 1.82) is 0 Å². The smallest absolute Gasteiger partial charge is 0.338 e. The number of halogens is 1. The Morgan fingerprint density at radius 1 is 1.36 bits per heavy atom. The van der Waals surface area contributed by atoms with Crippen molar-refractivity contribution in [2.75, 3.05) is 26.5 Å². The van der Waals surface area contributed by atoms with Crippen molar-refractivity contribution in [2.24, 2.45) is 0 Å². The number of hydrogen-bond donors (Lipinski definition) is 1. The summed E-state index contributed by atoms with van der Waals surface area (Å²) in [5.74, 6) is -0.629. The minimum absolute atomic E-state index is 0.0239. The number of esters is 1. The standard InChI is InChI=1S/C13H11ClN2O6/c14-8-3-7(4-9-11(8)22-6-21-9)12(18)20-5-10(17)16-2-1-15-13(16)19/h3-4H,1-2,5-6H2,(H,15,19). The minimum atomic E-state index is -0.742. The molecule has 1 aromatic rings. The van der Waals surface area contributed by atoms with Crippen LogP contribution in [0.4, 0.5) is 4.79 Å². The largest absolute Gasteiger partial charge is 0.454 e. The molecule has 0 aromatic heterocycles. The Labute approximate surface area is 129 Å². The lowest BCUT2D eigenvalue weighted by Crippen LogP contribution is -2.37. The third kappa shape index (κ3) is 2.64. The van der Waals surface area contributed by atoms with Crippen LogP contribution in [0, 0.1) is 0 Å². The Hall–Kier alpha value is -2.48. The number of imide groups is 1. The Morgan fingerprint density at radius 2 is 2.18 bits per heavy atom. The fraction of sp³-hybridized carbons (Fsp3) is 0.308. The van der Waals surface area contributed by atoms with Crippen LogP contribution < -0.4 is 14.8 Å². The molecule has 0 unspecified atom stereocenters. The van der Waals surface area contributed by atoms with E-state index in [1.807, 2.05) is 0 Å². The van der Waals surface area contributed by atoms with Gasteiger partial charge in [0.15, 0.2) is 18.1 Å². The van der Waals surface area contributed by atoms with E-state index in [4.69, 9.17) is 25.8 Å². The van der Waals surface area contributed by atoms with E-state index >= 15 is 0 Å². The highest BCUT2D eigenvalue weighted by Gasteiger charge is 2.27. The second-order valence-electron chi connectivity index (χ2n) is 4.55. The SMILES string of the molecule is O=C(OCC(=O)N1CCNC1=O)c1cc(Cl)c2c(c1)OCO2. The first-order valence-electron chi connectivity index (χ1n) is 6.41. The molecule has 2 aliphatic rings. The van der Waals surface area contributed by atoms with Crippen LogP contribution in [-0.4, -0.2) is 49.3 Å². The molecule has 1 aromatic carbocycles. The monoisotopic (exact) mass is 326 g/mol. The Morgan fingerprint density at radius 3 is 2.91 bits per heavy atom. The van der Waals surface area contributed by atoms with Crippen LogP contribution in [0.3, 0.4) is 0 Å². The van der Waals surface area contributed by atoms with Crippen molar-refractivity contribution in [3.63, 3.8) is 0 Å². The van der Waals surface area contributed by atoms with Gasteiger partial charge in [0.25, 0.3) is 5.91 Å². The number of amides is 3. The van der Waals surface area contributed by atoms with Gasteiger partial charge in [-0.2, -0.15) is 0 Å². The second kappa shape index (κ2) is 5.72. The highest BCUT2D eigenvalue weighted by atomic mass is 35.5. The summed E-state index contributed by atoms with van der Waals surface area (Å²) >= 11 is 5.96. The highest BCUT2D eigenvalue weighted by molar-refractivity contribution is 6.32. The van der Waals surface area contributed by atoms with Crippen LogP contribution in [-0.2, 0) is 9.53 Å². The molecule has 0 bridgehead atoms. The van der Waals surface area contributed by atoms with E-state index in [-0.39, 0.29) is 23.9 Å². The average molecular weight is 327 g/mol. The molecule has 0 radical (unpaired) electrons. The predicted molar refractivity (Wildman–Crippen MR) is 73.0 cm³/mol. The minimum Gasteiger partial charge on any atom is -0.454 e. The van der Waals surface area contributed by atoms with E-state index in [1.165, 1.54) is 12.1 Å². The van der Waals surface area contributed by atoms with E-state index in [1.54, 1.807) is 0 Å². The quantitative estimate of drug-likeness (QED) is 0.825. The zero-order chi connectivity index (χ0) is 15.7. The van der Waals surface area contributed by atoms with Crippen LogP contribution in [0.5, 0.6) is 11.5 Å². The molecule has 116 valence electrons. The third-order valence-corrected chi connectivity index (χ3v) is 3.43. The molecular formula is C13H11ClN2O6. The summed E-state index contributed by atoms with van der Waals surface area (Å²) in [5.41, 5.74) is 0.132. The fourth-order valence-electron chi connectivity index (χ4n) is 2.08. The van der Waals surface area contributed by atoms with Gasteiger partial charge in [-0.15, -0.1) is 0 Å². The molecule has 0 saturated carbocycles. The zero-order valence-electron chi connectivity index (χ0n) is 11.3. The Kier molecular flexibility index (Phi) is 3.76. The van der Waals surface area contributed by atoms with Crippen LogP contribution in [0.2, 0.25) is 5.02 Å². The summed E-state index contributed by atoms with van der Waals surface area (Å²) < 4.78 is 15.2. The molecule has 0 spiro atoms. The first-order chi connectivity index (χ1) is 10.6.